The van der Waals surface area contributed by atoms with E-state index in [0.29, 0.717) is 12.3 Å². The maximum atomic E-state index is 11.9. The number of likely N-dealkylation sites (N-methyl/N-ethyl adjacent to an activating group) is 1. The molecule has 0 atom stereocenters. The average molecular weight is 300 g/mol. The summed E-state index contributed by atoms with van der Waals surface area (Å²) in [4.78, 5) is 13.7. The largest absolute Gasteiger partial charge is 0.490 e. The number of carbonyl (C=O) groups is 1. The van der Waals surface area contributed by atoms with Crippen LogP contribution >= 0.6 is 0 Å². The van der Waals surface area contributed by atoms with Crippen molar-refractivity contribution in [1.29, 1.82) is 0 Å². The molecule has 1 heterocycles. The molecule has 5 nitrogen and oxygen atoms in total. The van der Waals surface area contributed by atoms with Crippen LogP contribution < -0.4 is 15.0 Å². The normalized spacial score (nSPS) is 13.8. The molecular formula is C14H18F2N2O3. The van der Waals surface area contributed by atoms with Crippen molar-refractivity contribution in [2.75, 3.05) is 43.6 Å². The number of anilines is 2. The second-order valence-corrected chi connectivity index (χ2v) is 4.72. The fourth-order valence-corrected chi connectivity index (χ4v) is 1.99. The number of benzene rings is 1. The van der Waals surface area contributed by atoms with Crippen LogP contribution in [0.3, 0.4) is 0 Å². The molecule has 0 saturated carbocycles. The molecule has 1 amide bonds. The summed E-state index contributed by atoms with van der Waals surface area (Å²) in [5.41, 5.74) is 1.55. The van der Waals surface area contributed by atoms with Crippen molar-refractivity contribution in [3.63, 3.8) is 0 Å². The van der Waals surface area contributed by atoms with Crippen LogP contribution in [0.4, 0.5) is 20.2 Å². The zero-order valence-electron chi connectivity index (χ0n) is 11.8. The van der Waals surface area contributed by atoms with Crippen molar-refractivity contribution in [1.82, 2.24) is 0 Å². The number of hydrogen-bond acceptors (Lipinski definition) is 4. The second kappa shape index (κ2) is 7.21. The van der Waals surface area contributed by atoms with Gasteiger partial charge in [0.1, 0.15) is 19.0 Å². The lowest BCUT2D eigenvalue weighted by molar-refractivity contribution is -0.117. The second-order valence-electron chi connectivity index (χ2n) is 4.72. The van der Waals surface area contributed by atoms with Gasteiger partial charge in [0, 0.05) is 12.7 Å². The van der Waals surface area contributed by atoms with Gasteiger partial charge in [-0.3, -0.25) is 4.79 Å². The van der Waals surface area contributed by atoms with Crippen LogP contribution in [-0.4, -0.2) is 45.7 Å². The molecule has 21 heavy (non-hydrogen) atoms. The Bertz CT molecular complexity index is 497. The molecule has 1 aromatic carbocycles. The lowest BCUT2D eigenvalue weighted by Gasteiger charge is -2.28. The van der Waals surface area contributed by atoms with Gasteiger partial charge in [0.25, 0.3) is 6.43 Å². The van der Waals surface area contributed by atoms with E-state index in [4.69, 9.17) is 4.74 Å². The number of carbonyl (C=O) groups excluding carboxylic acids is 1. The predicted molar refractivity (Wildman–Crippen MR) is 75.3 cm³/mol. The molecule has 0 aromatic heterocycles. The third-order valence-corrected chi connectivity index (χ3v) is 3.06. The molecule has 2 rings (SSSR count). The monoisotopic (exact) mass is 300 g/mol. The number of nitrogens with zero attached hydrogens (tertiary/aromatic N) is 1. The highest BCUT2D eigenvalue weighted by atomic mass is 19.3. The minimum absolute atomic E-state index is 0.0237. The topological polar surface area (TPSA) is 50.8 Å². The molecule has 0 spiro atoms. The van der Waals surface area contributed by atoms with Gasteiger partial charge in [-0.05, 0) is 18.2 Å². The van der Waals surface area contributed by atoms with Gasteiger partial charge in [-0.2, -0.15) is 0 Å². The van der Waals surface area contributed by atoms with E-state index >= 15 is 0 Å². The molecule has 0 saturated heterocycles. The SMILES string of the molecule is CN1CCOc2ccc(NC(=O)CCOCC(F)F)cc21. The Hall–Kier alpha value is -1.89. The quantitative estimate of drug-likeness (QED) is 0.818. The molecule has 1 aliphatic rings. The molecule has 1 aliphatic heterocycles. The zero-order chi connectivity index (χ0) is 15.2. The Balaban J connectivity index is 1.85. The molecule has 0 aliphatic carbocycles. The zero-order valence-corrected chi connectivity index (χ0v) is 11.8. The summed E-state index contributed by atoms with van der Waals surface area (Å²) in [7, 11) is 1.95. The van der Waals surface area contributed by atoms with E-state index in [-0.39, 0.29) is 18.9 Å². The van der Waals surface area contributed by atoms with Crippen LogP contribution in [0.2, 0.25) is 0 Å². The van der Waals surface area contributed by atoms with E-state index in [1.54, 1.807) is 12.1 Å². The first-order chi connectivity index (χ1) is 10.1. The van der Waals surface area contributed by atoms with Gasteiger partial charge in [0.05, 0.1) is 25.3 Å². The summed E-state index contributed by atoms with van der Waals surface area (Å²) in [6.45, 7) is 0.751. The summed E-state index contributed by atoms with van der Waals surface area (Å²) in [6, 6.07) is 5.37. The molecule has 0 unspecified atom stereocenters. The van der Waals surface area contributed by atoms with Crippen LogP contribution in [0.5, 0.6) is 5.75 Å². The summed E-state index contributed by atoms with van der Waals surface area (Å²) in [5.74, 6) is 0.505. The van der Waals surface area contributed by atoms with Gasteiger partial charge in [0.15, 0.2) is 0 Å². The van der Waals surface area contributed by atoms with Crippen molar-refractivity contribution >= 4 is 17.3 Å². The number of rotatable bonds is 6. The number of alkyl halides is 2. The first-order valence-electron chi connectivity index (χ1n) is 6.70. The Morgan fingerprint density at radius 3 is 3.10 bits per heavy atom. The summed E-state index contributed by atoms with van der Waals surface area (Å²) >= 11 is 0. The minimum atomic E-state index is -2.51. The van der Waals surface area contributed by atoms with E-state index in [1.165, 1.54) is 0 Å². The summed E-state index contributed by atoms with van der Waals surface area (Å²) in [6.07, 6.45) is -2.47. The third kappa shape index (κ3) is 4.56. The van der Waals surface area contributed by atoms with Crippen LogP contribution in [0, 0.1) is 0 Å². The Morgan fingerprint density at radius 2 is 2.33 bits per heavy atom. The predicted octanol–water partition coefficient (Wildman–Crippen LogP) is 2.13. The smallest absolute Gasteiger partial charge is 0.261 e. The van der Waals surface area contributed by atoms with Crippen molar-refractivity contribution in [2.45, 2.75) is 12.8 Å². The van der Waals surface area contributed by atoms with E-state index in [1.807, 2.05) is 18.0 Å². The molecule has 0 fully saturated rings. The van der Waals surface area contributed by atoms with E-state index < -0.39 is 13.0 Å². The van der Waals surface area contributed by atoms with Crippen LogP contribution in [0.25, 0.3) is 0 Å². The highest BCUT2D eigenvalue weighted by molar-refractivity contribution is 5.91. The average Bonchev–Trinajstić information content (AvgIpc) is 2.44. The lowest BCUT2D eigenvalue weighted by atomic mass is 10.2. The summed E-state index contributed by atoms with van der Waals surface area (Å²) < 4.78 is 33.9. The van der Waals surface area contributed by atoms with Gasteiger partial charge in [-0.15, -0.1) is 0 Å². The number of halogens is 2. The van der Waals surface area contributed by atoms with Gasteiger partial charge >= 0.3 is 0 Å². The number of amides is 1. The van der Waals surface area contributed by atoms with Gasteiger partial charge in [0.2, 0.25) is 5.91 Å². The first kappa shape index (κ1) is 15.5. The Kier molecular flexibility index (Phi) is 5.32. The maximum Gasteiger partial charge on any atom is 0.261 e. The van der Waals surface area contributed by atoms with Crippen molar-refractivity contribution in [2.24, 2.45) is 0 Å². The molecule has 1 aromatic rings. The molecule has 0 bridgehead atoms. The number of ether oxygens (including phenoxy) is 2. The highest BCUT2D eigenvalue weighted by Crippen LogP contribution is 2.33. The van der Waals surface area contributed by atoms with Crippen molar-refractivity contribution in [3.05, 3.63) is 18.2 Å². The fourth-order valence-electron chi connectivity index (χ4n) is 1.99. The summed E-state index contributed by atoms with van der Waals surface area (Å²) in [5, 5.41) is 2.71. The number of fused-ring (bicyclic) bond motifs is 1. The molecular weight excluding hydrogens is 282 g/mol. The standard InChI is InChI=1S/C14H18F2N2O3/c1-18-5-7-21-12-3-2-10(8-11(12)18)17-14(19)4-6-20-9-13(15)16/h2-3,8,13H,4-7,9H2,1H3,(H,17,19). The third-order valence-electron chi connectivity index (χ3n) is 3.06. The molecule has 116 valence electrons. The molecule has 7 heteroatoms. The van der Waals surface area contributed by atoms with Gasteiger partial charge < -0.3 is 19.7 Å². The maximum absolute atomic E-state index is 11.9. The van der Waals surface area contributed by atoms with Gasteiger partial charge in [-0.1, -0.05) is 0 Å². The fraction of sp³-hybridized carbons (Fsp3) is 0.500. The van der Waals surface area contributed by atoms with Crippen molar-refractivity contribution < 1.29 is 23.0 Å². The number of nitrogens with one attached hydrogen (secondary N) is 1. The van der Waals surface area contributed by atoms with E-state index in [0.717, 1.165) is 18.0 Å². The lowest BCUT2D eigenvalue weighted by Crippen LogP contribution is -2.28. The molecule has 1 N–H and O–H groups in total. The van der Waals surface area contributed by atoms with Crippen LogP contribution in [0.1, 0.15) is 6.42 Å². The van der Waals surface area contributed by atoms with E-state index in [9.17, 15) is 13.6 Å². The highest BCUT2D eigenvalue weighted by Gasteiger charge is 2.15. The molecule has 0 radical (unpaired) electrons. The Labute approximate surface area is 121 Å². The minimum Gasteiger partial charge on any atom is -0.490 e. The Morgan fingerprint density at radius 1 is 1.52 bits per heavy atom. The van der Waals surface area contributed by atoms with Crippen molar-refractivity contribution in [3.8, 4) is 5.75 Å². The van der Waals surface area contributed by atoms with Crippen LogP contribution in [0.15, 0.2) is 18.2 Å². The van der Waals surface area contributed by atoms with E-state index in [2.05, 4.69) is 10.1 Å². The number of hydrogen-bond donors (Lipinski definition) is 1. The van der Waals surface area contributed by atoms with Crippen LogP contribution in [-0.2, 0) is 9.53 Å². The first-order valence-corrected chi connectivity index (χ1v) is 6.70. The van der Waals surface area contributed by atoms with Gasteiger partial charge in [-0.25, -0.2) is 8.78 Å².